The van der Waals surface area contributed by atoms with Gasteiger partial charge in [0.2, 0.25) is 0 Å². The number of nitro benzene ring substituents is 1. The van der Waals surface area contributed by atoms with E-state index in [1.165, 1.54) is 23.5 Å². The number of thiazole rings is 1. The zero-order valence-electron chi connectivity index (χ0n) is 13.9. The van der Waals surface area contributed by atoms with Crippen LogP contribution < -0.4 is 9.54 Å². The monoisotopic (exact) mass is 369 g/mol. The lowest BCUT2D eigenvalue weighted by Gasteiger charge is -2.01. The van der Waals surface area contributed by atoms with Crippen LogP contribution in [0.25, 0.3) is 10.2 Å². The van der Waals surface area contributed by atoms with Crippen LogP contribution in [0, 0.1) is 10.1 Å². The Morgan fingerprint density at radius 3 is 2.69 bits per heavy atom. The van der Waals surface area contributed by atoms with Crippen molar-refractivity contribution in [3.05, 3.63) is 75.6 Å². The lowest BCUT2D eigenvalue weighted by atomic mass is 10.2. The first kappa shape index (κ1) is 17.6. The number of benzene rings is 2. The Morgan fingerprint density at radius 2 is 2.08 bits per heavy atom. The van der Waals surface area contributed by atoms with Crippen molar-refractivity contribution in [2.45, 2.75) is 6.54 Å². The zero-order chi connectivity index (χ0) is 18.7. The predicted octanol–water partition coefficient (Wildman–Crippen LogP) is 3.55. The minimum Gasteiger partial charge on any atom is -0.497 e. The van der Waals surface area contributed by atoms with E-state index in [9.17, 15) is 14.9 Å². The van der Waals surface area contributed by atoms with E-state index < -0.39 is 10.8 Å². The summed E-state index contributed by atoms with van der Waals surface area (Å²) in [6.45, 7) is 4.16. The number of hydrogen-bond donors (Lipinski definition) is 0. The molecule has 26 heavy (non-hydrogen) atoms. The van der Waals surface area contributed by atoms with E-state index in [2.05, 4.69) is 11.6 Å². The van der Waals surface area contributed by atoms with Crippen LogP contribution in [0.15, 0.2) is 60.1 Å². The van der Waals surface area contributed by atoms with Crippen LogP contribution in [0.2, 0.25) is 0 Å². The van der Waals surface area contributed by atoms with Crippen LogP contribution in [0.4, 0.5) is 5.69 Å². The zero-order valence-corrected chi connectivity index (χ0v) is 14.7. The fourth-order valence-electron chi connectivity index (χ4n) is 2.45. The van der Waals surface area contributed by atoms with Gasteiger partial charge in [0.1, 0.15) is 5.75 Å². The van der Waals surface area contributed by atoms with Crippen LogP contribution in [-0.4, -0.2) is 22.5 Å². The van der Waals surface area contributed by atoms with Gasteiger partial charge >= 0.3 is 0 Å². The third-order valence-corrected chi connectivity index (χ3v) is 4.76. The Balaban J connectivity index is 2.10. The standard InChI is InChI=1S/C18H15N3O4S/c1-3-10-20-15-9-6-13(21(23)24)11-16(15)26-18(20)19-17(22)12-4-7-14(25-2)8-5-12/h3-9,11H,1,10H2,2H3. The van der Waals surface area contributed by atoms with Crippen molar-refractivity contribution in [2.75, 3.05) is 7.11 Å². The van der Waals surface area contributed by atoms with Crippen molar-refractivity contribution in [1.82, 2.24) is 4.57 Å². The summed E-state index contributed by atoms with van der Waals surface area (Å²) in [4.78, 5) is 27.7. The van der Waals surface area contributed by atoms with Gasteiger partial charge in [-0.2, -0.15) is 4.99 Å². The summed E-state index contributed by atoms with van der Waals surface area (Å²) in [5.74, 6) is 0.254. The second-order valence-corrected chi connectivity index (χ2v) is 6.35. The molecule has 0 radical (unpaired) electrons. The topological polar surface area (TPSA) is 86.7 Å². The molecule has 132 valence electrons. The number of fused-ring (bicyclic) bond motifs is 1. The molecule has 0 aliphatic heterocycles. The van der Waals surface area contributed by atoms with Crippen LogP contribution in [-0.2, 0) is 6.54 Å². The van der Waals surface area contributed by atoms with Crippen LogP contribution >= 0.6 is 11.3 Å². The number of methoxy groups -OCH3 is 1. The molecule has 0 fully saturated rings. The molecule has 1 heterocycles. The molecule has 3 rings (SSSR count). The maximum absolute atomic E-state index is 12.5. The van der Waals surface area contributed by atoms with Gasteiger partial charge in [-0.25, -0.2) is 0 Å². The van der Waals surface area contributed by atoms with Crippen molar-refractivity contribution < 1.29 is 14.5 Å². The number of ether oxygens (including phenoxy) is 1. The minimum atomic E-state index is -0.448. The number of non-ortho nitro benzene ring substituents is 1. The van der Waals surface area contributed by atoms with Gasteiger partial charge < -0.3 is 9.30 Å². The summed E-state index contributed by atoms with van der Waals surface area (Å²) < 4.78 is 7.57. The fraction of sp³-hybridized carbons (Fsp3) is 0.111. The molecule has 0 bridgehead atoms. The maximum atomic E-state index is 12.5. The van der Waals surface area contributed by atoms with Crippen LogP contribution in [0.3, 0.4) is 0 Å². The van der Waals surface area contributed by atoms with Gasteiger partial charge in [-0.05, 0) is 30.3 Å². The Labute approximate surface area is 152 Å². The molecule has 0 aliphatic rings. The normalized spacial score (nSPS) is 11.5. The average Bonchev–Trinajstić information content (AvgIpc) is 2.98. The number of carbonyl (C=O) groups excluding carboxylic acids is 1. The Morgan fingerprint density at radius 1 is 1.35 bits per heavy atom. The molecular formula is C18H15N3O4S. The highest BCUT2D eigenvalue weighted by atomic mass is 32.1. The molecule has 3 aromatic rings. The molecule has 0 aliphatic carbocycles. The van der Waals surface area contributed by atoms with Gasteiger partial charge in [0.05, 0.1) is 22.2 Å². The largest absolute Gasteiger partial charge is 0.497 e. The number of carbonyl (C=O) groups is 1. The second-order valence-electron chi connectivity index (χ2n) is 5.34. The fourth-order valence-corrected chi connectivity index (χ4v) is 3.52. The van der Waals surface area contributed by atoms with E-state index >= 15 is 0 Å². The lowest BCUT2D eigenvalue weighted by Crippen LogP contribution is -2.16. The van der Waals surface area contributed by atoms with E-state index in [4.69, 9.17) is 4.74 Å². The number of aromatic nitrogens is 1. The molecule has 0 N–H and O–H groups in total. The van der Waals surface area contributed by atoms with Crippen molar-refractivity contribution in [2.24, 2.45) is 4.99 Å². The summed E-state index contributed by atoms with van der Waals surface area (Å²) in [5.41, 5.74) is 1.19. The molecule has 0 atom stereocenters. The summed E-state index contributed by atoms with van der Waals surface area (Å²) in [6.07, 6.45) is 1.68. The van der Waals surface area contributed by atoms with Gasteiger partial charge in [0.15, 0.2) is 4.80 Å². The molecular weight excluding hydrogens is 354 g/mol. The third kappa shape index (κ3) is 3.40. The summed E-state index contributed by atoms with van der Waals surface area (Å²) in [7, 11) is 1.55. The van der Waals surface area contributed by atoms with Crippen LogP contribution in [0.5, 0.6) is 5.75 Å². The number of nitrogens with zero attached hydrogens (tertiary/aromatic N) is 3. The highest BCUT2D eigenvalue weighted by molar-refractivity contribution is 7.16. The van der Waals surface area contributed by atoms with Crippen LogP contribution in [0.1, 0.15) is 10.4 Å². The number of amides is 1. The van der Waals surface area contributed by atoms with E-state index in [-0.39, 0.29) is 5.69 Å². The average molecular weight is 369 g/mol. The predicted molar refractivity (Wildman–Crippen MR) is 99.6 cm³/mol. The summed E-state index contributed by atoms with van der Waals surface area (Å²) in [6, 6.07) is 11.2. The quantitative estimate of drug-likeness (QED) is 0.391. The van der Waals surface area contributed by atoms with Crippen molar-refractivity contribution in [3.63, 3.8) is 0 Å². The van der Waals surface area contributed by atoms with E-state index in [1.54, 1.807) is 48.1 Å². The highest BCUT2D eigenvalue weighted by Gasteiger charge is 2.12. The van der Waals surface area contributed by atoms with Crippen molar-refractivity contribution in [3.8, 4) is 5.75 Å². The first-order chi connectivity index (χ1) is 12.5. The molecule has 8 heteroatoms. The molecule has 0 saturated carbocycles. The van der Waals surface area contributed by atoms with Crippen molar-refractivity contribution in [1.29, 1.82) is 0 Å². The van der Waals surface area contributed by atoms with Gasteiger partial charge in [0.25, 0.3) is 11.6 Å². The van der Waals surface area contributed by atoms with E-state index in [0.29, 0.717) is 27.4 Å². The molecule has 7 nitrogen and oxygen atoms in total. The highest BCUT2D eigenvalue weighted by Crippen LogP contribution is 2.23. The Bertz CT molecular complexity index is 1060. The smallest absolute Gasteiger partial charge is 0.279 e. The van der Waals surface area contributed by atoms with E-state index in [1.807, 2.05) is 0 Å². The maximum Gasteiger partial charge on any atom is 0.279 e. The number of hydrogen-bond acceptors (Lipinski definition) is 5. The SMILES string of the molecule is C=CCn1c(=NC(=O)c2ccc(OC)cc2)sc2cc([N+](=O)[O-])ccc21. The summed E-state index contributed by atoms with van der Waals surface area (Å²) in [5, 5.41) is 11.0. The first-order valence-electron chi connectivity index (χ1n) is 7.65. The molecule has 1 aromatic heterocycles. The third-order valence-electron chi connectivity index (χ3n) is 3.72. The molecule has 0 unspecified atom stereocenters. The molecule has 0 spiro atoms. The molecule has 1 amide bonds. The number of allylic oxidation sites excluding steroid dienone is 1. The second kappa shape index (κ2) is 7.32. The Kier molecular flexibility index (Phi) is 4.94. The molecule has 0 saturated heterocycles. The molecule has 2 aromatic carbocycles. The first-order valence-corrected chi connectivity index (χ1v) is 8.47. The number of rotatable bonds is 5. The number of nitro groups is 1. The summed E-state index contributed by atoms with van der Waals surface area (Å²) >= 11 is 1.22. The van der Waals surface area contributed by atoms with Crippen molar-refractivity contribution >= 4 is 33.1 Å². The minimum absolute atomic E-state index is 0.00228. The van der Waals surface area contributed by atoms with Gasteiger partial charge in [0, 0.05) is 24.2 Å². The Hall–Kier alpha value is -3.26. The van der Waals surface area contributed by atoms with Gasteiger partial charge in [-0.15, -0.1) is 6.58 Å². The van der Waals surface area contributed by atoms with Gasteiger partial charge in [-0.1, -0.05) is 17.4 Å². The van der Waals surface area contributed by atoms with Gasteiger partial charge in [-0.3, -0.25) is 14.9 Å². The lowest BCUT2D eigenvalue weighted by molar-refractivity contribution is -0.384. The van der Waals surface area contributed by atoms with E-state index in [0.717, 1.165) is 5.52 Å².